The number of hydrogen-bond acceptors (Lipinski definition) is 3. The third-order valence-electron chi connectivity index (χ3n) is 5.07. The van der Waals surface area contributed by atoms with Crippen LogP contribution in [-0.4, -0.2) is 31.7 Å². The Morgan fingerprint density at radius 1 is 1.15 bits per heavy atom. The van der Waals surface area contributed by atoms with E-state index in [9.17, 15) is 17.6 Å². The Bertz CT molecular complexity index is 942. The zero-order valence-electron chi connectivity index (χ0n) is 15.4. The fourth-order valence-electron chi connectivity index (χ4n) is 3.25. The van der Waals surface area contributed by atoms with Gasteiger partial charge in [-0.05, 0) is 68.1 Å². The number of halogens is 1. The lowest BCUT2D eigenvalue weighted by atomic mass is 9.98. The normalized spacial score (nSPS) is 18.3. The van der Waals surface area contributed by atoms with Gasteiger partial charge < -0.3 is 5.32 Å². The second-order valence-electron chi connectivity index (χ2n) is 6.89. The molecule has 144 valence electrons. The molecule has 2 aromatic rings. The molecule has 7 heteroatoms. The van der Waals surface area contributed by atoms with Crippen molar-refractivity contribution in [1.29, 1.82) is 0 Å². The first-order valence-corrected chi connectivity index (χ1v) is 10.4. The monoisotopic (exact) mass is 390 g/mol. The van der Waals surface area contributed by atoms with E-state index < -0.39 is 21.8 Å². The van der Waals surface area contributed by atoms with Crippen LogP contribution in [0.5, 0.6) is 0 Å². The van der Waals surface area contributed by atoms with E-state index in [1.165, 1.54) is 16.4 Å². The Hall–Kier alpha value is -2.25. The Morgan fingerprint density at radius 2 is 1.85 bits per heavy atom. The minimum absolute atomic E-state index is 0.0412. The zero-order valence-corrected chi connectivity index (χ0v) is 16.2. The number of anilines is 1. The van der Waals surface area contributed by atoms with Crippen LogP contribution in [0.4, 0.5) is 10.1 Å². The summed E-state index contributed by atoms with van der Waals surface area (Å²) in [4.78, 5) is 12.7. The molecule has 1 aliphatic heterocycles. The summed E-state index contributed by atoms with van der Waals surface area (Å²) in [5.74, 6) is -1.09. The number of carbonyl (C=O) groups is 1. The molecule has 2 aromatic carbocycles. The smallest absolute Gasteiger partial charge is 0.243 e. The van der Waals surface area contributed by atoms with E-state index in [4.69, 9.17) is 0 Å². The number of carbonyl (C=O) groups excluding carboxylic acids is 1. The van der Waals surface area contributed by atoms with Crippen LogP contribution >= 0.6 is 0 Å². The van der Waals surface area contributed by atoms with Gasteiger partial charge in [0.15, 0.2) is 0 Å². The SMILES string of the molecule is Cc1cccc(NC(=O)C2CCCN(S(=O)(=O)c3ccc(F)cc3)C2)c1C. The summed E-state index contributed by atoms with van der Waals surface area (Å²) in [7, 11) is -3.75. The van der Waals surface area contributed by atoms with Gasteiger partial charge in [-0.3, -0.25) is 4.79 Å². The molecule has 1 saturated heterocycles. The van der Waals surface area contributed by atoms with Crippen LogP contribution < -0.4 is 5.32 Å². The maximum atomic E-state index is 13.1. The van der Waals surface area contributed by atoms with E-state index in [0.29, 0.717) is 19.4 Å². The third kappa shape index (κ3) is 4.20. The van der Waals surface area contributed by atoms with E-state index >= 15 is 0 Å². The van der Waals surface area contributed by atoms with Gasteiger partial charge >= 0.3 is 0 Å². The van der Waals surface area contributed by atoms with E-state index in [-0.39, 0.29) is 17.3 Å². The molecule has 27 heavy (non-hydrogen) atoms. The molecule has 0 radical (unpaired) electrons. The van der Waals surface area contributed by atoms with E-state index in [1.54, 1.807) is 0 Å². The van der Waals surface area contributed by atoms with E-state index in [1.807, 2.05) is 32.0 Å². The number of sulfonamides is 1. The Balaban J connectivity index is 1.74. The summed E-state index contributed by atoms with van der Waals surface area (Å²) in [5, 5.41) is 2.93. The van der Waals surface area contributed by atoms with Crippen LogP contribution in [0.25, 0.3) is 0 Å². The first-order chi connectivity index (χ1) is 12.8. The Morgan fingerprint density at radius 3 is 2.56 bits per heavy atom. The highest BCUT2D eigenvalue weighted by Crippen LogP contribution is 2.26. The molecule has 1 atom stereocenters. The Labute approximate surface area is 159 Å². The van der Waals surface area contributed by atoms with Crippen LogP contribution in [0, 0.1) is 25.6 Å². The highest BCUT2D eigenvalue weighted by atomic mass is 32.2. The summed E-state index contributed by atoms with van der Waals surface area (Å²) >= 11 is 0. The quantitative estimate of drug-likeness (QED) is 0.869. The minimum atomic E-state index is -3.75. The van der Waals surface area contributed by atoms with Crippen molar-refractivity contribution < 1.29 is 17.6 Å². The number of aryl methyl sites for hydroxylation is 1. The summed E-state index contributed by atoms with van der Waals surface area (Å²) in [5.41, 5.74) is 2.83. The topological polar surface area (TPSA) is 66.5 Å². The Kier molecular flexibility index (Phi) is 5.62. The molecule has 0 spiro atoms. The number of benzene rings is 2. The molecule has 0 saturated carbocycles. The fourth-order valence-corrected chi connectivity index (χ4v) is 4.78. The third-order valence-corrected chi connectivity index (χ3v) is 6.95. The number of piperidine rings is 1. The van der Waals surface area contributed by atoms with Gasteiger partial charge in [-0.2, -0.15) is 4.31 Å². The molecule has 0 bridgehead atoms. The van der Waals surface area contributed by atoms with Crippen molar-refractivity contribution in [3.63, 3.8) is 0 Å². The molecule has 1 heterocycles. The lowest BCUT2D eigenvalue weighted by molar-refractivity contribution is -0.120. The summed E-state index contributed by atoms with van der Waals surface area (Å²) in [6.07, 6.45) is 1.23. The minimum Gasteiger partial charge on any atom is -0.326 e. The first kappa shape index (κ1) is 19.5. The summed E-state index contributed by atoms with van der Waals surface area (Å²) in [6, 6.07) is 10.5. The van der Waals surface area contributed by atoms with Crippen molar-refractivity contribution >= 4 is 21.6 Å². The number of nitrogens with zero attached hydrogens (tertiary/aromatic N) is 1. The van der Waals surface area contributed by atoms with Crippen LogP contribution in [0.2, 0.25) is 0 Å². The van der Waals surface area contributed by atoms with Gasteiger partial charge in [0.1, 0.15) is 5.82 Å². The van der Waals surface area contributed by atoms with E-state index in [0.717, 1.165) is 28.9 Å². The summed E-state index contributed by atoms with van der Waals surface area (Å²) < 4.78 is 40.0. The highest BCUT2D eigenvalue weighted by Gasteiger charge is 2.33. The molecule has 1 fully saturated rings. The summed E-state index contributed by atoms with van der Waals surface area (Å²) in [6.45, 7) is 4.39. The standard InChI is InChI=1S/C20H23FN2O3S/c1-14-5-3-7-19(15(14)2)22-20(24)16-6-4-12-23(13-16)27(25,26)18-10-8-17(21)9-11-18/h3,5,7-11,16H,4,6,12-13H2,1-2H3,(H,22,24). The van der Waals surface area contributed by atoms with Gasteiger partial charge in [-0.1, -0.05) is 12.1 Å². The number of hydrogen-bond donors (Lipinski definition) is 1. The molecular formula is C20H23FN2O3S. The molecular weight excluding hydrogens is 367 g/mol. The average Bonchev–Trinajstić information content (AvgIpc) is 2.66. The van der Waals surface area contributed by atoms with Crippen LogP contribution in [-0.2, 0) is 14.8 Å². The van der Waals surface area contributed by atoms with Gasteiger partial charge in [0.05, 0.1) is 10.8 Å². The maximum absolute atomic E-state index is 13.1. The van der Waals surface area contributed by atoms with Gasteiger partial charge in [-0.15, -0.1) is 0 Å². The fraction of sp³-hybridized carbons (Fsp3) is 0.350. The molecule has 1 unspecified atom stereocenters. The second kappa shape index (κ2) is 7.78. The van der Waals surface area contributed by atoms with Crippen LogP contribution in [0.3, 0.4) is 0 Å². The predicted octanol–water partition coefficient (Wildman–Crippen LogP) is 3.48. The molecule has 1 amide bonds. The zero-order chi connectivity index (χ0) is 19.6. The van der Waals surface area contributed by atoms with Crippen LogP contribution in [0.1, 0.15) is 24.0 Å². The van der Waals surface area contributed by atoms with Crippen molar-refractivity contribution in [2.75, 3.05) is 18.4 Å². The van der Waals surface area contributed by atoms with Gasteiger partial charge in [0, 0.05) is 18.8 Å². The number of rotatable bonds is 4. The first-order valence-electron chi connectivity index (χ1n) is 8.92. The van der Waals surface area contributed by atoms with Crippen molar-refractivity contribution in [3.8, 4) is 0 Å². The van der Waals surface area contributed by atoms with Gasteiger partial charge in [-0.25, -0.2) is 12.8 Å². The maximum Gasteiger partial charge on any atom is 0.243 e. The molecule has 5 nitrogen and oxygen atoms in total. The second-order valence-corrected chi connectivity index (χ2v) is 8.83. The number of amides is 1. The van der Waals surface area contributed by atoms with Crippen molar-refractivity contribution in [1.82, 2.24) is 4.31 Å². The van der Waals surface area contributed by atoms with Crippen molar-refractivity contribution in [2.24, 2.45) is 5.92 Å². The van der Waals surface area contributed by atoms with Gasteiger partial charge in [0.25, 0.3) is 0 Å². The highest BCUT2D eigenvalue weighted by molar-refractivity contribution is 7.89. The van der Waals surface area contributed by atoms with E-state index in [2.05, 4.69) is 5.32 Å². The van der Waals surface area contributed by atoms with Crippen LogP contribution in [0.15, 0.2) is 47.4 Å². The molecule has 1 aliphatic rings. The number of nitrogens with one attached hydrogen (secondary N) is 1. The molecule has 1 N–H and O–H groups in total. The average molecular weight is 390 g/mol. The van der Waals surface area contributed by atoms with Crippen molar-refractivity contribution in [2.45, 2.75) is 31.6 Å². The lowest BCUT2D eigenvalue weighted by Crippen LogP contribution is -2.43. The lowest BCUT2D eigenvalue weighted by Gasteiger charge is -2.31. The van der Waals surface area contributed by atoms with Crippen molar-refractivity contribution in [3.05, 3.63) is 59.4 Å². The molecule has 0 aliphatic carbocycles. The van der Waals surface area contributed by atoms with Gasteiger partial charge in [0.2, 0.25) is 15.9 Å². The largest absolute Gasteiger partial charge is 0.326 e. The molecule has 0 aromatic heterocycles. The predicted molar refractivity (Wildman–Crippen MR) is 102 cm³/mol. The molecule has 3 rings (SSSR count).